The lowest BCUT2D eigenvalue weighted by atomic mass is 9.95. The SMILES string of the molecule is CCCC(C)(NC(=O)OCC1c2ccccc2-c2ccccc21)C(=O)Nc1ccc(C(=O)O)nc1. The van der Waals surface area contributed by atoms with E-state index in [1.54, 1.807) is 6.92 Å². The number of aromatic nitrogens is 1. The van der Waals surface area contributed by atoms with Crippen molar-refractivity contribution in [1.82, 2.24) is 10.3 Å². The van der Waals surface area contributed by atoms with Crippen molar-refractivity contribution in [3.8, 4) is 11.1 Å². The summed E-state index contributed by atoms with van der Waals surface area (Å²) in [5.41, 5.74) is 3.45. The molecule has 1 unspecified atom stereocenters. The second-order valence-corrected chi connectivity index (χ2v) is 8.72. The summed E-state index contributed by atoms with van der Waals surface area (Å²) < 4.78 is 5.62. The van der Waals surface area contributed by atoms with E-state index in [-0.39, 0.29) is 18.2 Å². The molecule has 0 aliphatic heterocycles. The zero-order valence-electron chi connectivity index (χ0n) is 19.6. The number of rotatable bonds is 8. The van der Waals surface area contributed by atoms with Crippen LogP contribution in [0.2, 0.25) is 0 Å². The smallest absolute Gasteiger partial charge is 0.408 e. The number of aromatic carboxylic acids is 1. The Bertz CT molecular complexity index is 1210. The Kier molecular flexibility index (Phi) is 6.82. The third-order valence-corrected chi connectivity index (χ3v) is 6.21. The summed E-state index contributed by atoms with van der Waals surface area (Å²) in [4.78, 5) is 40.6. The van der Waals surface area contributed by atoms with Crippen LogP contribution in [0.5, 0.6) is 0 Å². The number of benzene rings is 2. The minimum absolute atomic E-state index is 0.0850. The van der Waals surface area contributed by atoms with Crippen LogP contribution in [-0.4, -0.2) is 40.2 Å². The molecule has 0 bridgehead atoms. The van der Waals surface area contributed by atoms with Crippen molar-refractivity contribution >= 4 is 23.7 Å². The number of amides is 2. The van der Waals surface area contributed by atoms with Crippen LogP contribution in [0.1, 0.15) is 54.2 Å². The fraction of sp³-hybridized carbons (Fsp3) is 0.259. The molecule has 0 spiro atoms. The molecule has 8 nitrogen and oxygen atoms in total. The van der Waals surface area contributed by atoms with Crippen molar-refractivity contribution in [2.45, 2.75) is 38.1 Å². The van der Waals surface area contributed by atoms with Gasteiger partial charge < -0.3 is 20.5 Å². The van der Waals surface area contributed by atoms with Crippen molar-refractivity contribution in [2.24, 2.45) is 0 Å². The second kappa shape index (κ2) is 9.97. The number of pyridine rings is 1. The molecule has 1 atom stereocenters. The molecule has 1 aliphatic rings. The first-order chi connectivity index (χ1) is 16.8. The van der Waals surface area contributed by atoms with Gasteiger partial charge in [-0.3, -0.25) is 4.79 Å². The van der Waals surface area contributed by atoms with Crippen molar-refractivity contribution in [1.29, 1.82) is 0 Å². The Hall–Kier alpha value is -4.20. The highest BCUT2D eigenvalue weighted by atomic mass is 16.5. The number of anilines is 1. The molecule has 3 N–H and O–H groups in total. The molecule has 0 fully saturated rings. The molecule has 4 rings (SSSR count). The number of alkyl carbamates (subject to hydrolysis) is 1. The molecule has 1 heterocycles. The summed E-state index contributed by atoms with van der Waals surface area (Å²) in [6, 6.07) is 18.9. The number of nitrogens with one attached hydrogen (secondary N) is 2. The number of fused-ring (bicyclic) bond motifs is 3. The number of hydrogen-bond donors (Lipinski definition) is 3. The molecule has 1 aliphatic carbocycles. The van der Waals surface area contributed by atoms with Crippen LogP contribution in [0.15, 0.2) is 66.9 Å². The molecule has 35 heavy (non-hydrogen) atoms. The fourth-order valence-corrected chi connectivity index (χ4v) is 4.46. The van der Waals surface area contributed by atoms with Gasteiger partial charge >= 0.3 is 12.1 Å². The van der Waals surface area contributed by atoms with Crippen molar-refractivity contribution in [3.05, 3.63) is 83.7 Å². The monoisotopic (exact) mass is 473 g/mol. The summed E-state index contributed by atoms with van der Waals surface area (Å²) in [5, 5.41) is 14.4. The molecule has 1 aromatic heterocycles. The maximum Gasteiger partial charge on any atom is 0.408 e. The molecule has 8 heteroatoms. The standard InChI is InChI=1S/C27H27N3O5/c1-3-14-27(2,25(33)29-17-12-13-23(24(31)32)28-15-17)30-26(34)35-16-22-20-10-6-4-8-18(20)19-9-5-7-11-21(19)22/h4-13,15,22H,3,14,16H2,1-2H3,(H,29,33)(H,30,34)(H,31,32). The lowest BCUT2D eigenvalue weighted by Crippen LogP contribution is -2.54. The first kappa shape index (κ1) is 23.9. The third-order valence-electron chi connectivity index (χ3n) is 6.21. The number of nitrogens with zero attached hydrogens (tertiary/aromatic N) is 1. The van der Waals surface area contributed by atoms with Crippen LogP contribution in [-0.2, 0) is 9.53 Å². The van der Waals surface area contributed by atoms with Gasteiger partial charge in [0.2, 0.25) is 5.91 Å². The number of carbonyl (C=O) groups excluding carboxylic acids is 2. The van der Waals surface area contributed by atoms with Crippen molar-refractivity contribution in [3.63, 3.8) is 0 Å². The van der Waals surface area contributed by atoms with Crippen LogP contribution in [0.3, 0.4) is 0 Å². The van der Waals surface area contributed by atoms with Crippen LogP contribution in [0, 0.1) is 0 Å². The Labute approximate surface area is 203 Å². The maximum atomic E-state index is 13.0. The van der Waals surface area contributed by atoms with E-state index in [2.05, 4.69) is 27.8 Å². The van der Waals surface area contributed by atoms with Crippen molar-refractivity contribution in [2.75, 3.05) is 11.9 Å². The van der Waals surface area contributed by atoms with Gasteiger partial charge in [0.05, 0.1) is 11.9 Å². The molecule has 2 amide bonds. The molecular formula is C27H27N3O5. The number of carboxylic acid groups (broad SMARTS) is 1. The number of carbonyl (C=O) groups is 3. The van der Waals surface area contributed by atoms with Gasteiger partial charge in [0.25, 0.3) is 0 Å². The molecule has 0 saturated carbocycles. The number of ether oxygens (including phenoxy) is 1. The lowest BCUT2D eigenvalue weighted by Gasteiger charge is -2.29. The third kappa shape index (κ3) is 5.01. The minimum Gasteiger partial charge on any atom is -0.477 e. The number of hydrogen-bond acceptors (Lipinski definition) is 5. The largest absolute Gasteiger partial charge is 0.477 e. The van der Waals surface area contributed by atoms with Gasteiger partial charge in [-0.2, -0.15) is 0 Å². The average molecular weight is 474 g/mol. The zero-order chi connectivity index (χ0) is 25.0. The van der Waals surface area contributed by atoms with E-state index in [0.717, 1.165) is 22.3 Å². The maximum absolute atomic E-state index is 13.0. The Balaban J connectivity index is 1.43. The highest BCUT2D eigenvalue weighted by molar-refractivity contribution is 5.99. The first-order valence-corrected chi connectivity index (χ1v) is 11.5. The summed E-state index contributed by atoms with van der Waals surface area (Å²) >= 11 is 0. The summed E-state index contributed by atoms with van der Waals surface area (Å²) in [7, 11) is 0. The van der Waals surface area contributed by atoms with E-state index in [9.17, 15) is 14.4 Å². The molecule has 180 valence electrons. The Morgan fingerprint density at radius 3 is 2.17 bits per heavy atom. The molecule has 0 radical (unpaired) electrons. The van der Waals surface area contributed by atoms with Gasteiger partial charge in [0.15, 0.2) is 0 Å². The minimum atomic E-state index is -1.23. The highest BCUT2D eigenvalue weighted by Gasteiger charge is 2.36. The van der Waals surface area contributed by atoms with E-state index < -0.39 is 23.5 Å². The van der Waals surface area contributed by atoms with Gasteiger partial charge in [0, 0.05) is 5.92 Å². The van der Waals surface area contributed by atoms with Crippen LogP contribution < -0.4 is 10.6 Å². The first-order valence-electron chi connectivity index (χ1n) is 11.5. The Morgan fingerprint density at radius 2 is 1.63 bits per heavy atom. The van der Waals surface area contributed by atoms with Gasteiger partial charge in [-0.15, -0.1) is 0 Å². The van der Waals surface area contributed by atoms with Crippen LogP contribution in [0.4, 0.5) is 10.5 Å². The summed E-state index contributed by atoms with van der Waals surface area (Å²) in [5.74, 6) is -1.69. The number of carboxylic acids is 1. The van der Waals surface area contributed by atoms with Crippen LogP contribution >= 0.6 is 0 Å². The molecule has 3 aromatic rings. The summed E-state index contributed by atoms with van der Waals surface area (Å²) in [6.45, 7) is 3.69. The van der Waals surface area contributed by atoms with Crippen LogP contribution in [0.25, 0.3) is 11.1 Å². The highest BCUT2D eigenvalue weighted by Crippen LogP contribution is 2.44. The Morgan fingerprint density at radius 1 is 1.00 bits per heavy atom. The van der Waals surface area contributed by atoms with Crippen molar-refractivity contribution < 1.29 is 24.2 Å². The van der Waals surface area contributed by atoms with Gasteiger partial charge in [-0.1, -0.05) is 61.9 Å². The average Bonchev–Trinajstić information content (AvgIpc) is 3.17. The van der Waals surface area contributed by atoms with E-state index in [0.29, 0.717) is 18.5 Å². The van der Waals surface area contributed by atoms with E-state index in [1.165, 1.54) is 18.3 Å². The molecular weight excluding hydrogens is 446 g/mol. The normalized spacial score (nSPS) is 13.8. The fourth-order valence-electron chi connectivity index (χ4n) is 4.46. The quantitative estimate of drug-likeness (QED) is 0.432. The van der Waals surface area contributed by atoms with E-state index in [1.807, 2.05) is 43.3 Å². The van der Waals surface area contributed by atoms with E-state index >= 15 is 0 Å². The predicted octanol–water partition coefficient (Wildman–Crippen LogP) is 4.82. The van der Waals surface area contributed by atoms with Gasteiger partial charge in [-0.05, 0) is 47.7 Å². The van der Waals surface area contributed by atoms with Gasteiger partial charge in [-0.25, -0.2) is 14.6 Å². The molecule has 0 saturated heterocycles. The topological polar surface area (TPSA) is 118 Å². The second-order valence-electron chi connectivity index (χ2n) is 8.72. The summed E-state index contributed by atoms with van der Waals surface area (Å²) in [6.07, 6.45) is 1.60. The predicted molar refractivity (Wildman–Crippen MR) is 131 cm³/mol. The van der Waals surface area contributed by atoms with Gasteiger partial charge in [0.1, 0.15) is 17.8 Å². The lowest BCUT2D eigenvalue weighted by molar-refractivity contribution is -0.122. The zero-order valence-corrected chi connectivity index (χ0v) is 19.6. The van der Waals surface area contributed by atoms with E-state index in [4.69, 9.17) is 9.84 Å². The molecule has 2 aromatic carbocycles.